The van der Waals surface area contributed by atoms with Gasteiger partial charge in [0.25, 0.3) is 6.33 Å². The van der Waals surface area contributed by atoms with Crippen molar-refractivity contribution in [1.29, 1.82) is 0 Å². The first kappa shape index (κ1) is 29.5. The van der Waals surface area contributed by atoms with Crippen LogP contribution in [0.1, 0.15) is 31.9 Å². The first-order valence-electron chi connectivity index (χ1n) is 16.3. The number of aromatic nitrogens is 4. The van der Waals surface area contributed by atoms with Crippen LogP contribution in [0.25, 0.3) is 50.1 Å². The van der Waals surface area contributed by atoms with Gasteiger partial charge in [0, 0.05) is 35.4 Å². The number of ether oxygens (including phenoxy) is 1. The van der Waals surface area contributed by atoms with Crippen LogP contribution in [-0.4, -0.2) is 14.1 Å². The smallest absolute Gasteiger partial charge is 0.268 e. The maximum atomic E-state index is 6.52. The van der Waals surface area contributed by atoms with E-state index in [0.717, 1.165) is 45.1 Å². The highest BCUT2D eigenvalue weighted by Crippen LogP contribution is 2.36. The van der Waals surface area contributed by atoms with Crippen LogP contribution in [0.2, 0.25) is 0 Å². The third kappa shape index (κ3) is 5.43. The SMILES string of the molecule is Cc1ccc(-c2ccccc2)cc1-[n+]1[c-]n(-c2cccc(Oc3ccc4c5ccccc5n(-c5cc(C(C)(C)C)ccn5)c4c3)c2)cc1. The van der Waals surface area contributed by atoms with Crippen molar-refractivity contribution in [3.63, 3.8) is 0 Å². The van der Waals surface area contributed by atoms with Gasteiger partial charge in [0.2, 0.25) is 0 Å². The minimum Gasteiger partial charge on any atom is -0.458 e. The minimum absolute atomic E-state index is 0.0111. The zero-order valence-electron chi connectivity index (χ0n) is 27.6. The molecule has 5 nitrogen and oxygen atoms in total. The average Bonchev–Trinajstić information content (AvgIpc) is 3.72. The van der Waals surface area contributed by atoms with E-state index in [1.165, 1.54) is 27.6 Å². The highest BCUT2D eigenvalue weighted by atomic mass is 16.5. The number of para-hydroxylation sites is 1. The molecule has 0 bridgehead atoms. The standard InChI is InChI=1S/C43H36N4O/c1-30-17-18-32(31-11-6-5-7-12-31)25-40(30)46-24-23-45(29-46)34-13-10-14-35(27-34)48-36-19-20-38-37-15-8-9-16-39(37)47(41(38)28-36)42-26-33(21-22-44-42)43(2,3)4/h5-28H,1-4H3. The summed E-state index contributed by atoms with van der Waals surface area (Å²) >= 11 is 0. The fraction of sp³-hybridized carbons (Fsp3) is 0.116. The van der Waals surface area contributed by atoms with Gasteiger partial charge in [-0.3, -0.25) is 13.7 Å². The fourth-order valence-corrected chi connectivity index (χ4v) is 6.37. The van der Waals surface area contributed by atoms with Crippen LogP contribution in [0, 0.1) is 13.3 Å². The minimum atomic E-state index is 0.0111. The van der Waals surface area contributed by atoms with Crippen molar-refractivity contribution >= 4 is 21.8 Å². The summed E-state index contributed by atoms with van der Waals surface area (Å²) in [5.74, 6) is 2.41. The van der Waals surface area contributed by atoms with Gasteiger partial charge in [0.05, 0.1) is 22.4 Å². The molecule has 8 aromatic rings. The molecule has 3 aromatic heterocycles. The van der Waals surface area contributed by atoms with Gasteiger partial charge < -0.3 is 4.74 Å². The normalized spacial score (nSPS) is 11.8. The highest BCUT2D eigenvalue weighted by molar-refractivity contribution is 6.09. The van der Waals surface area contributed by atoms with Gasteiger partial charge in [0.15, 0.2) is 0 Å². The second-order valence-corrected chi connectivity index (χ2v) is 13.3. The molecule has 0 aliphatic carbocycles. The lowest BCUT2D eigenvalue weighted by atomic mass is 9.88. The number of rotatable bonds is 6. The van der Waals surface area contributed by atoms with Crippen LogP contribution in [0.15, 0.2) is 146 Å². The van der Waals surface area contributed by atoms with Crippen molar-refractivity contribution in [3.8, 4) is 39.8 Å². The molecule has 234 valence electrons. The summed E-state index contributed by atoms with van der Waals surface area (Å²) in [6.07, 6.45) is 9.48. The Balaban J connectivity index is 1.13. The molecule has 0 N–H and O–H groups in total. The second-order valence-electron chi connectivity index (χ2n) is 13.3. The zero-order valence-corrected chi connectivity index (χ0v) is 27.6. The number of benzene rings is 5. The molecule has 0 radical (unpaired) electrons. The number of pyridine rings is 1. The van der Waals surface area contributed by atoms with E-state index in [1.54, 1.807) is 0 Å². The Hall–Kier alpha value is -5.94. The Labute approximate surface area is 281 Å². The molecular formula is C43H36N4O. The molecule has 0 aliphatic rings. The molecule has 0 amide bonds. The molecule has 0 saturated heterocycles. The van der Waals surface area contributed by atoms with E-state index < -0.39 is 0 Å². The molecule has 5 aromatic carbocycles. The molecular weight excluding hydrogens is 589 g/mol. The fourth-order valence-electron chi connectivity index (χ4n) is 6.37. The van der Waals surface area contributed by atoms with Crippen molar-refractivity contribution in [2.45, 2.75) is 33.1 Å². The molecule has 0 aliphatic heterocycles. The number of imidazole rings is 1. The van der Waals surface area contributed by atoms with Gasteiger partial charge in [-0.2, -0.15) is 0 Å². The predicted octanol–water partition coefficient (Wildman–Crippen LogP) is 10.1. The van der Waals surface area contributed by atoms with Crippen molar-refractivity contribution in [1.82, 2.24) is 14.1 Å². The van der Waals surface area contributed by atoms with Crippen LogP contribution < -0.4 is 9.30 Å². The largest absolute Gasteiger partial charge is 0.458 e. The van der Waals surface area contributed by atoms with Gasteiger partial charge in [-0.05, 0) is 89.2 Å². The maximum Gasteiger partial charge on any atom is 0.268 e. The van der Waals surface area contributed by atoms with Gasteiger partial charge in [-0.15, -0.1) is 0 Å². The Morgan fingerprint density at radius 2 is 1.48 bits per heavy atom. The third-order valence-electron chi connectivity index (χ3n) is 8.97. The van der Waals surface area contributed by atoms with Crippen LogP contribution in [0.3, 0.4) is 0 Å². The number of fused-ring (bicyclic) bond motifs is 3. The maximum absolute atomic E-state index is 6.52. The van der Waals surface area contributed by atoms with E-state index in [4.69, 9.17) is 9.72 Å². The topological polar surface area (TPSA) is 35.9 Å². The summed E-state index contributed by atoms with van der Waals surface area (Å²) in [7, 11) is 0. The molecule has 0 atom stereocenters. The van der Waals surface area contributed by atoms with E-state index >= 15 is 0 Å². The molecule has 0 unspecified atom stereocenters. The summed E-state index contributed by atoms with van der Waals surface area (Å²) in [4.78, 5) is 4.82. The lowest BCUT2D eigenvalue weighted by Gasteiger charge is -2.20. The second kappa shape index (κ2) is 11.7. The monoisotopic (exact) mass is 624 g/mol. The van der Waals surface area contributed by atoms with Crippen LogP contribution in [0.5, 0.6) is 11.5 Å². The summed E-state index contributed by atoms with van der Waals surface area (Å²) in [5.41, 5.74) is 9.02. The van der Waals surface area contributed by atoms with Gasteiger partial charge in [0.1, 0.15) is 17.3 Å². The molecule has 0 spiro atoms. The first-order valence-corrected chi connectivity index (χ1v) is 16.3. The van der Waals surface area contributed by atoms with Crippen molar-refractivity contribution in [2.75, 3.05) is 0 Å². The van der Waals surface area contributed by atoms with Crippen molar-refractivity contribution in [3.05, 3.63) is 163 Å². The Morgan fingerprint density at radius 3 is 2.33 bits per heavy atom. The summed E-state index contributed by atoms with van der Waals surface area (Å²) in [6, 6.07) is 44.2. The molecule has 48 heavy (non-hydrogen) atoms. The van der Waals surface area contributed by atoms with Crippen LogP contribution >= 0.6 is 0 Å². The summed E-state index contributed by atoms with van der Waals surface area (Å²) < 4.78 is 12.8. The molecule has 0 saturated carbocycles. The lowest BCUT2D eigenvalue weighted by Crippen LogP contribution is -2.29. The van der Waals surface area contributed by atoms with Crippen molar-refractivity contribution < 1.29 is 9.30 Å². The summed E-state index contributed by atoms with van der Waals surface area (Å²) in [5, 5.41) is 2.35. The zero-order chi connectivity index (χ0) is 32.8. The molecule has 5 heteroatoms. The average molecular weight is 625 g/mol. The highest BCUT2D eigenvalue weighted by Gasteiger charge is 2.18. The van der Waals surface area contributed by atoms with E-state index in [0.29, 0.717) is 0 Å². The number of hydrogen-bond donors (Lipinski definition) is 0. The molecule has 0 fully saturated rings. The Kier molecular flexibility index (Phi) is 7.18. The number of hydrogen-bond acceptors (Lipinski definition) is 2. The predicted molar refractivity (Wildman–Crippen MR) is 194 cm³/mol. The summed E-state index contributed by atoms with van der Waals surface area (Å²) in [6.45, 7) is 8.82. The van der Waals surface area contributed by atoms with Gasteiger partial charge in [-0.1, -0.05) is 87.5 Å². The van der Waals surface area contributed by atoms with Gasteiger partial charge in [-0.25, -0.2) is 4.98 Å². The number of aryl methyl sites for hydroxylation is 1. The Bertz CT molecular complexity index is 2430. The molecule has 3 heterocycles. The third-order valence-corrected chi connectivity index (χ3v) is 8.97. The van der Waals surface area contributed by atoms with E-state index in [-0.39, 0.29) is 5.41 Å². The van der Waals surface area contributed by atoms with Crippen LogP contribution in [0.4, 0.5) is 0 Å². The number of nitrogens with zero attached hydrogens (tertiary/aromatic N) is 4. The quantitative estimate of drug-likeness (QED) is 0.136. The lowest BCUT2D eigenvalue weighted by molar-refractivity contribution is -0.599. The van der Waals surface area contributed by atoms with E-state index in [9.17, 15) is 0 Å². The van der Waals surface area contributed by atoms with E-state index in [2.05, 4.69) is 136 Å². The van der Waals surface area contributed by atoms with Crippen molar-refractivity contribution in [2.24, 2.45) is 0 Å². The Morgan fingerprint density at radius 1 is 0.688 bits per heavy atom. The first-order chi connectivity index (χ1) is 23.3. The van der Waals surface area contributed by atoms with Gasteiger partial charge >= 0.3 is 0 Å². The van der Waals surface area contributed by atoms with E-state index in [1.807, 2.05) is 58.1 Å². The molecule has 8 rings (SSSR count). The van der Waals surface area contributed by atoms with Crippen LogP contribution in [-0.2, 0) is 5.41 Å².